The first kappa shape index (κ1) is 5.35. The van der Waals surface area contributed by atoms with Crippen molar-refractivity contribution in [2.75, 3.05) is 0 Å². The molecule has 0 fully saturated rings. The van der Waals surface area contributed by atoms with Crippen molar-refractivity contribution in [3.05, 3.63) is 18.0 Å². The number of aryl methyl sites for hydroxylation is 2. The zero-order valence-electron chi connectivity index (χ0n) is 5.10. The monoisotopic (exact) mass is 108 g/mol. The van der Waals surface area contributed by atoms with Crippen molar-refractivity contribution in [3.63, 3.8) is 0 Å². The second-order valence-electron chi connectivity index (χ2n) is 1.66. The van der Waals surface area contributed by atoms with Crippen LogP contribution in [0.15, 0.2) is 0 Å². The molecule has 0 aromatic carbocycles. The summed E-state index contributed by atoms with van der Waals surface area (Å²) in [4.78, 5) is 0. The summed E-state index contributed by atoms with van der Waals surface area (Å²) in [5.74, 6) is 0. The van der Waals surface area contributed by atoms with Gasteiger partial charge in [0.1, 0.15) is 6.20 Å². The fourth-order valence-corrected chi connectivity index (χ4v) is 0.529. The fraction of sp³-hybridized carbons (Fsp3) is 0.500. The number of hydrogen-bond acceptors (Lipinski definition) is 1. The average molecular weight is 108 g/mol. The molecule has 42 valence electrons. The molecule has 0 unspecified atom stereocenters. The summed E-state index contributed by atoms with van der Waals surface area (Å²) >= 11 is 0. The zero-order valence-corrected chi connectivity index (χ0v) is 5.10. The van der Waals surface area contributed by atoms with Crippen LogP contribution < -0.4 is 0 Å². The van der Waals surface area contributed by atoms with E-state index in [9.17, 15) is 0 Å². The quantitative estimate of drug-likeness (QED) is 0.520. The average Bonchev–Trinajstić information content (AvgIpc) is 2.14. The van der Waals surface area contributed by atoms with Gasteiger partial charge in [-0.15, -0.1) is 0 Å². The van der Waals surface area contributed by atoms with E-state index >= 15 is 0 Å². The van der Waals surface area contributed by atoms with E-state index in [2.05, 4.69) is 17.5 Å². The molecule has 0 bridgehead atoms. The van der Waals surface area contributed by atoms with Gasteiger partial charge in [0, 0.05) is 12.1 Å². The summed E-state index contributed by atoms with van der Waals surface area (Å²) in [6.07, 6.45) is 5.75. The van der Waals surface area contributed by atoms with Crippen LogP contribution in [0.25, 0.3) is 0 Å². The van der Waals surface area contributed by atoms with Crippen LogP contribution in [0.4, 0.5) is 0 Å². The van der Waals surface area contributed by atoms with Gasteiger partial charge in [-0.05, 0) is 13.8 Å². The molecule has 8 heavy (non-hydrogen) atoms. The van der Waals surface area contributed by atoms with Crippen LogP contribution in [-0.4, -0.2) is 9.78 Å². The maximum atomic E-state index is 3.87. The van der Waals surface area contributed by atoms with E-state index in [4.69, 9.17) is 0 Å². The van der Waals surface area contributed by atoms with E-state index < -0.39 is 0 Å². The maximum absolute atomic E-state index is 3.87. The minimum Gasteiger partial charge on any atom is -0.263 e. The molecule has 0 spiro atoms. The van der Waals surface area contributed by atoms with Crippen LogP contribution in [0.1, 0.15) is 12.5 Å². The lowest BCUT2D eigenvalue weighted by atomic mass is 10.4. The molecular weight excluding hydrogens is 100 g/mol. The summed E-state index contributed by atoms with van der Waals surface area (Å²) in [6, 6.07) is 0. The van der Waals surface area contributed by atoms with E-state index in [0.717, 1.165) is 12.1 Å². The lowest BCUT2D eigenvalue weighted by Gasteiger charge is -1.86. The van der Waals surface area contributed by atoms with Crippen LogP contribution in [-0.2, 0) is 6.54 Å². The molecule has 1 heterocycles. The molecule has 0 atom stereocenters. The van der Waals surface area contributed by atoms with Crippen LogP contribution in [0, 0.1) is 19.3 Å². The Hall–Kier alpha value is -0.790. The first-order valence-electron chi connectivity index (χ1n) is 2.67. The first-order valence-corrected chi connectivity index (χ1v) is 2.67. The van der Waals surface area contributed by atoms with Gasteiger partial charge in [-0.3, -0.25) is 4.68 Å². The Morgan fingerprint density at radius 2 is 2.50 bits per heavy atom. The van der Waals surface area contributed by atoms with Gasteiger partial charge in [0.25, 0.3) is 0 Å². The molecule has 2 heteroatoms. The van der Waals surface area contributed by atoms with Crippen molar-refractivity contribution in [2.24, 2.45) is 0 Å². The molecule has 1 aromatic heterocycles. The third-order valence-electron chi connectivity index (χ3n) is 0.935. The summed E-state index contributed by atoms with van der Waals surface area (Å²) in [5, 5.41) is 3.87. The Bertz CT molecular complexity index is 167. The van der Waals surface area contributed by atoms with Crippen molar-refractivity contribution in [3.8, 4) is 0 Å². The molecule has 2 nitrogen and oxygen atoms in total. The van der Waals surface area contributed by atoms with Gasteiger partial charge >= 0.3 is 0 Å². The Morgan fingerprint density at radius 1 is 1.75 bits per heavy atom. The minimum absolute atomic E-state index is 0.879. The Morgan fingerprint density at radius 3 is 2.75 bits per heavy atom. The topological polar surface area (TPSA) is 17.8 Å². The highest BCUT2D eigenvalue weighted by Gasteiger charge is 1.88. The second-order valence-corrected chi connectivity index (χ2v) is 1.66. The molecule has 0 N–H and O–H groups in total. The van der Waals surface area contributed by atoms with Gasteiger partial charge in [-0.25, -0.2) is 0 Å². The van der Waals surface area contributed by atoms with E-state index in [1.807, 2.05) is 13.8 Å². The predicted octanol–water partition coefficient (Wildman–Crippen LogP) is 0.812. The Kier molecular flexibility index (Phi) is 1.33. The molecule has 0 saturated carbocycles. The molecule has 0 aliphatic carbocycles. The summed E-state index contributed by atoms with van der Waals surface area (Å²) in [5.41, 5.74) is 0.979. The SMILES string of the molecule is CCn1[c]c(C)[c]n1. The lowest BCUT2D eigenvalue weighted by molar-refractivity contribution is 0.653. The third kappa shape index (κ3) is 0.886. The fourth-order valence-electron chi connectivity index (χ4n) is 0.529. The largest absolute Gasteiger partial charge is 0.263 e. The predicted molar refractivity (Wildman–Crippen MR) is 30.3 cm³/mol. The van der Waals surface area contributed by atoms with Crippen LogP contribution in [0.2, 0.25) is 0 Å². The molecule has 0 amide bonds. The number of aromatic nitrogens is 2. The lowest BCUT2D eigenvalue weighted by Crippen LogP contribution is -1.92. The van der Waals surface area contributed by atoms with E-state index in [1.165, 1.54) is 0 Å². The van der Waals surface area contributed by atoms with Crippen molar-refractivity contribution in [1.29, 1.82) is 0 Å². The molecule has 1 aromatic rings. The molecule has 0 aliphatic heterocycles. The summed E-state index contributed by atoms with van der Waals surface area (Å²) in [6.45, 7) is 4.83. The molecular formula is C6H8N2. The van der Waals surface area contributed by atoms with Crippen molar-refractivity contribution >= 4 is 0 Å². The van der Waals surface area contributed by atoms with Crippen LogP contribution in [0.3, 0.4) is 0 Å². The van der Waals surface area contributed by atoms with Gasteiger partial charge in [-0.1, -0.05) is 0 Å². The minimum atomic E-state index is 0.879. The van der Waals surface area contributed by atoms with Crippen molar-refractivity contribution in [1.82, 2.24) is 9.78 Å². The van der Waals surface area contributed by atoms with E-state index in [-0.39, 0.29) is 0 Å². The second kappa shape index (κ2) is 1.99. The number of nitrogens with zero attached hydrogens (tertiary/aromatic N) is 2. The van der Waals surface area contributed by atoms with E-state index in [1.54, 1.807) is 4.68 Å². The van der Waals surface area contributed by atoms with Gasteiger partial charge in [0.2, 0.25) is 0 Å². The summed E-state index contributed by atoms with van der Waals surface area (Å²) < 4.78 is 1.73. The molecule has 2 radical (unpaired) electrons. The van der Waals surface area contributed by atoms with Crippen molar-refractivity contribution in [2.45, 2.75) is 20.4 Å². The van der Waals surface area contributed by atoms with Gasteiger partial charge in [0.05, 0.1) is 6.20 Å². The third-order valence-corrected chi connectivity index (χ3v) is 0.935. The number of rotatable bonds is 1. The summed E-state index contributed by atoms with van der Waals surface area (Å²) in [7, 11) is 0. The highest BCUT2D eigenvalue weighted by atomic mass is 15.3. The van der Waals surface area contributed by atoms with Crippen LogP contribution in [0.5, 0.6) is 0 Å². The normalized spacial score (nSPS) is 9.75. The van der Waals surface area contributed by atoms with Gasteiger partial charge < -0.3 is 0 Å². The standard InChI is InChI=1S/C6H8N2/c1-3-8-5-6(2)4-7-8/h3H2,1-2H3. The smallest absolute Gasteiger partial charge is 0.116 e. The Labute approximate surface area is 49.1 Å². The van der Waals surface area contributed by atoms with E-state index in [0.29, 0.717) is 0 Å². The highest BCUT2D eigenvalue weighted by Crippen LogP contribution is 1.89. The number of hydrogen-bond donors (Lipinski definition) is 0. The maximum Gasteiger partial charge on any atom is 0.116 e. The molecule has 1 rings (SSSR count). The van der Waals surface area contributed by atoms with Gasteiger partial charge in [-0.2, -0.15) is 5.10 Å². The van der Waals surface area contributed by atoms with Crippen molar-refractivity contribution < 1.29 is 0 Å². The zero-order chi connectivity index (χ0) is 5.98. The molecule has 0 saturated heterocycles. The van der Waals surface area contributed by atoms with Crippen LogP contribution >= 0.6 is 0 Å². The Balaban J connectivity index is 2.84. The first-order chi connectivity index (χ1) is 3.83. The van der Waals surface area contributed by atoms with Gasteiger partial charge in [0.15, 0.2) is 0 Å². The highest BCUT2D eigenvalue weighted by molar-refractivity contribution is 4.94. The molecule has 0 aliphatic rings.